The number of methoxy groups -OCH3 is 4. The van der Waals surface area contributed by atoms with Crippen LogP contribution in [0.4, 0.5) is 0 Å². The van der Waals surface area contributed by atoms with E-state index in [1.807, 2.05) is 67.6 Å². The lowest BCUT2D eigenvalue weighted by Crippen LogP contribution is -2.40. The van der Waals surface area contributed by atoms with E-state index in [2.05, 4.69) is 5.32 Å². The lowest BCUT2D eigenvalue weighted by atomic mass is 9.76. The number of esters is 1. The molecule has 1 N–H and O–H groups in total. The van der Waals surface area contributed by atoms with Crippen molar-refractivity contribution in [3.8, 4) is 23.0 Å². The summed E-state index contributed by atoms with van der Waals surface area (Å²) in [5.74, 6) is 1.99. The van der Waals surface area contributed by atoms with Crippen molar-refractivity contribution in [3.05, 3.63) is 82.9 Å². The molecule has 1 aliphatic rings. The number of carbonyl (C=O) groups excluding carboxylic acids is 1. The largest absolute Gasteiger partial charge is 0.493 e. The molecular formula is C31H37NO6. The van der Waals surface area contributed by atoms with Crippen molar-refractivity contribution in [1.29, 1.82) is 0 Å². The molecule has 7 heteroatoms. The van der Waals surface area contributed by atoms with Crippen molar-refractivity contribution in [3.63, 3.8) is 0 Å². The molecule has 0 bridgehead atoms. The average molecular weight is 520 g/mol. The second-order valence-corrected chi connectivity index (χ2v) is 9.53. The highest BCUT2D eigenvalue weighted by Gasteiger charge is 2.36. The fraction of sp³-hybridized carbons (Fsp3) is 0.387. The monoisotopic (exact) mass is 519 g/mol. The molecule has 2 unspecified atom stereocenters. The number of ether oxygens (including phenoxy) is 5. The predicted molar refractivity (Wildman–Crippen MR) is 146 cm³/mol. The first kappa shape index (κ1) is 27.3. The van der Waals surface area contributed by atoms with Gasteiger partial charge in [-0.3, -0.25) is 4.79 Å². The maximum atomic E-state index is 13.4. The quantitative estimate of drug-likeness (QED) is 0.351. The molecule has 0 spiro atoms. The van der Waals surface area contributed by atoms with E-state index < -0.39 is 0 Å². The number of hydrogen-bond acceptors (Lipinski definition) is 7. The maximum Gasteiger partial charge on any atom is 0.309 e. The molecule has 0 fully saturated rings. The molecule has 0 radical (unpaired) electrons. The van der Waals surface area contributed by atoms with Crippen LogP contribution in [0.15, 0.2) is 60.7 Å². The first-order valence-corrected chi connectivity index (χ1v) is 12.9. The van der Waals surface area contributed by atoms with Crippen LogP contribution in [0.1, 0.15) is 35.2 Å². The van der Waals surface area contributed by atoms with Crippen LogP contribution in [0.5, 0.6) is 23.0 Å². The van der Waals surface area contributed by atoms with Crippen LogP contribution in [0.2, 0.25) is 0 Å². The minimum absolute atomic E-state index is 0.0917. The fourth-order valence-electron chi connectivity index (χ4n) is 5.20. The molecule has 0 aromatic heterocycles. The molecule has 0 aliphatic carbocycles. The third-order valence-corrected chi connectivity index (χ3v) is 7.32. The Hall–Kier alpha value is -3.71. The summed E-state index contributed by atoms with van der Waals surface area (Å²) in [6.07, 6.45) is 1.50. The molecule has 4 rings (SSSR count). The summed E-state index contributed by atoms with van der Waals surface area (Å²) < 4.78 is 28.0. The second kappa shape index (κ2) is 12.7. The van der Waals surface area contributed by atoms with Crippen LogP contribution >= 0.6 is 0 Å². The van der Waals surface area contributed by atoms with Crippen LogP contribution in [-0.2, 0) is 29.0 Å². The first-order valence-electron chi connectivity index (χ1n) is 12.9. The summed E-state index contributed by atoms with van der Waals surface area (Å²) in [6.45, 7) is 2.99. The Morgan fingerprint density at radius 2 is 1.50 bits per heavy atom. The van der Waals surface area contributed by atoms with E-state index >= 15 is 0 Å². The third-order valence-electron chi connectivity index (χ3n) is 7.32. The predicted octanol–water partition coefficient (Wildman–Crippen LogP) is 5.15. The van der Waals surface area contributed by atoms with Crippen LogP contribution in [0, 0.1) is 11.8 Å². The lowest BCUT2D eigenvalue weighted by Gasteiger charge is -2.36. The zero-order chi connectivity index (χ0) is 27.1. The second-order valence-electron chi connectivity index (χ2n) is 9.53. The highest BCUT2D eigenvalue weighted by Crippen LogP contribution is 2.41. The standard InChI is InChI=1S/C31H37NO6/c1-20(31(33)38-19-21-9-7-6-8-10-21)24(15-22-11-12-26(34-2)27(16-22)35-3)30-25-18-29(37-5)28(36-4)17-23(25)13-14-32-30/h6-12,16-18,20,24,30,32H,13-15,19H2,1-5H3/t20?,24?,30-/m1/s1. The summed E-state index contributed by atoms with van der Waals surface area (Å²) in [5.41, 5.74) is 4.31. The Morgan fingerprint density at radius 1 is 0.842 bits per heavy atom. The zero-order valence-electron chi connectivity index (χ0n) is 22.8. The van der Waals surface area contributed by atoms with Crippen LogP contribution in [0.25, 0.3) is 0 Å². The van der Waals surface area contributed by atoms with E-state index in [-0.39, 0.29) is 30.5 Å². The SMILES string of the molecule is COc1ccc(CC(C(C)C(=O)OCc2ccccc2)[C@H]2NCCc3cc(OC)c(OC)cc32)cc1OC. The minimum atomic E-state index is -0.386. The van der Waals surface area contributed by atoms with Gasteiger partial charge in [0, 0.05) is 6.04 Å². The van der Waals surface area contributed by atoms with Gasteiger partial charge in [0.25, 0.3) is 0 Å². The minimum Gasteiger partial charge on any atom is -0.493 e. The van der Waals surface area contributed by atoms with Gasteiger partial charge < -0.3 is 29.0 Å². The zero-order valence-corrected chi connectivity index (χ0v) is 22.8. The van der Waals surface area contributed by atoms with Gasteiger partial charge in [0.05, 0.1) is 34.4 Å². The Kier molecular flexibility index (Phi) is 9.13. The highest BCUT2D eigenvalue weighted by molar-refractivity contribution is 5.72. The molecule has 0 amide bonds. The molecule has 0 saturated carbocycles. The summed E-state index contributed by atoms with van der Waals surface area (Å²) >= 11 is 0. The number of fused-ring (bicyclic) bond motifs is 1. The van der Waals surface area contributed by atoms with Crippen molar-refractivity contribution in [2.75, 3.05) is 35.0 Å². The Labute approximate surface area is 225 Å². The summed E-state index contributed by atoms with van der Waals surface area (Å²) in [7, 11) is 6.53. The third kappa shape index (κ3) is 6.05. The maximum absolute atomic E-state index is 13.4. The van der Waals surface area contributed by atoms with E-state index in [1.165, 1.54) is 5.56 Å². The Morgan fingerprint density at radius 3 is 2.18 bits per heavy atom. The molecule has 38 heavy (non-hydrogen) atoms. The van der Waals surface area contributed by atoms with Gasteiger partial charge in [0.2, 0.25) is 0 Å². The smallest absolute Gasteiger partial charge is 0.309 e. The normalized spacial score (nSPS) is 16.1. The molecule has 0 saturated heterocycles. The van der Waals surface area contributed by atoms with Crippen molar-refractivity contribution in [1.82, 2.24) is 5.32 Å². The van der Waals surface area contributed by atoms with Gasteiger partial charge >= 0.3 is 5.97 Å². The van der Waals surface area contributed by atoms with E-state index in [9.17, 15) is 4.79 Å². The topological polar surface area (TPSA) is 75.3 Å². The fourth-order valence-corrected chi connectivity index (χ4v) is 5.20. The Bertz CT molecular complexity index is 1230. The average Bonchev–Trinajstić information content (AvgIpc) is 2.97. The summed E-state index contributed by atoms with van der Waals surface area (Å²) in [5, 5.41) is 3.69. The van der Waals surface area contributed by atoms with Gasteiger partial charge in [-0.15, -0.1) is 0 Å². The van der Waals surface area contributed by atoms with E-state index in [0.717, 1.165) is 29.7 Å². The van der Waals surface area contributed by atoms with Crippen molar-refractivity contribution < 1.29 is 28.5 Å². The molecule has 7 nitrogen and oxygen atoms in total. The molecule has 1 aliphatic heterocycles. The van der Waals surface area contributed by atoms with Crippen molar-refractivity contribution in [2.24, 2.45) is 11.8 Å². The summed E-state index contributed by atoms with van der Waals surface area (Å²) in [6, 6.07) is 19.6. The van der Waals surface area contributed by atoms with Gasteiger partial charge in [-0.1, -0.05) is 43.3 Å². The summed E-state index contributed by atoms with van der Waals surface area (Å²) in [4.78, 5) is 13.4. The van der Waals surface area contributed by atoms with E-state index in [1.54, 1.807) is 28.4 Å². The van der Waals surface area contributed by atoms with Crippen LogP contribution in [-0.4, -0.2) is 41.0 Å². The van der Waals surface area contributed by atoms with Gasteiger partial charge in [0.1, 0.15) is 6.61 Å². The number of nitrogens with one attached hydrogen (secondary N) is 1. The number of hydrogen-bond donors (Lipinski definition) is 1. The molecule has 1 heterocycles. The van der Waals surface area contributed by atoms with Crippen molar-refractivity contribution in [2.45, 2.75) is 32.4 Å². The highest BCUT2D eigenvalue weighted by atomic mass is 16.5. The molecule has 3 aromatic rings. The van der Waals surface area contributed by atoms with Crippen LogP contribution in [0.3, 0.4) is 0 Å². The Balaban J connectivity index is 1.68. The van der Waals surface area contributed by atoms with E-state index in [4.69, 9.17) is 23.7 Å². The van der Waals surface area contributed by atoms with Gasteiger partial charge in [0.15, 0.2) is 23.0 Å². The number of rotatable bonds is 11. The van der Waals surface area contributed by atoms with Gasteiger partial charge in [-0.05, 0) is 71.8 Å². The molecule has 3 aromatic carbocycles. The van der Waals surface area contributed by atoms with E-state index in [0.29, 0.717) is 29.4 Å². The first-order chi connectivity index (χ1) is 18.5. The molecule has 3 atom stereocenters. The van der Waals surface area contributed by atoms with Crippen LogP contribution < -0.4 is 24.3 Å². The lowest BCUT2D eigenvalue weighted by molar-refractivity contribution is -0.151. The molecule has 202 valence electrons. The van der Waals surface area contributed by atoms with Gasteiger partial charge in [-0.2, -0.15) is 0 Å². The number of carbonyl (C=O) groups is 1. The number of benzene rings is 3. The molecular weight excluding hydrogens is 482 g/mol. The van der Waals surface area contributed by atoms with Crippen molar-refractivity contribution >= 4 is 5.97 Å². The van der Waals surface area contributed by atoms with Gasteiger partial charge in [-0.25, -0.2) is 0 Å².